The molecule has 2 N–H and O–H groups in total. The Labute approximate surface area is 165 Å². The fourth-order valence-electron chi connectivity index (χ4n) is 2.54. The summed E-state index contributed by atoms with van der Waals surface area (Å²) in [6.07, 6.45) is 1.25. The number of hydrogen-bond acceptors (Lipinski definition) is 6. The zero-order valence-corrected chi connectivity index (χ0v) is 15.7. The van der Waals surface area contributed by atoms with Crippen molar-refractivity contribution < 1.29 is 4.92 Å². The quantitative estimate of drug-likeness (QED) is 0.410. The molecule has 1 unspecified atom stereocenters. The molecular formula is C18H15Cl2N5O2. The molecule has 1 atom stereocenters. The van der Waals surface area contributed by atoms with Crippen molar-refractivity contribution in [3.8, 4) is 0 Å². The van der Waals surface area contributed by atoms with Crippen LogP contribution in [0.4, 0.5) is 23.0 Å². The van der Waals surface area contributed by atoms with E-state index in [4.69, 9.17) is 23.2 Å². The molecule has 3 rings (SSSR count). The summed E-state index contributed by atoms with van der Waals surface area (Å²) in [6.45, 7) is 1.89. The highest BCUT2D eigenvalue weighted by atomic mass is 35.5. The molecule has 0 fully saturated rings. The number of nitro groups is 1. The average molecular weight is 404 g/mol. The largest absolute Gasteiger partial charge is 0.358 e. The highest BCUT2D eigenvalue weighted by Gasteiger charge is 2.24. The Balaban J connectivity index is 1.94. The van der Waals surface area contributed by atoms with Gasteiger partial charge in [0.2, 0.25) is 11.6 Å². The van der Waals surface area contributed by atoms with Crippen LogP contribution in [0.3, 0.4) is 0 Å². The smallest absolute Gasteiger partial charge is 0.353 e. The van der Waals surface area contributed by atoms with Gasteiger partial charge in [0.15, 0.2) is 0 Å². The van der Waals surface area contributed by atoms with Crippen LogP contribution in [-0.4, -0.2) is 14.9 Å². The van der Waals surface area contributed by atoms with E-state index in [1.807, 2.05) is 37.3 Å². The Morgan fingerprint density at radius 1 is 1.04 bits per heavy atom. The summed E-state index contributed by atoms with van der Waals surface area (Å²) in [5.74, 6) is 0.151. The summed E-state index contributed by atoms with van der Waals surface area (Å²) in [5, 5.41) is 18.4. The first-order chi connectivity index (χ1) is 12.9. The van der Waals surface area contributed by atoms with Gasteiger partial charge in [-0.3, -0.25) is 10.1 Å². The first-order valence-electron chi connectivity index (χ1n) is 7.98. The first kappa shape index (κ1) is 18.9. The predicted molar refractivity (Wildman–Crippen MR) is 107 cm³/mol. The Morgan fingerprint density at radius 2 is 1.67 bits per heavy atom. The molecule has 0 spiro atoms. The average Bonchev–Trinajstić information content (AvgIpc) is 2.61. The minimum atomic E-state index is -0.533. The van der Waals surface area contributed by atoms with Gasteiger partial charge in [0, 0.05) is 15.7 Å². The summed E-state index contributed by atoms with van der Waals surface area (Å²) in [4.78, 5) is 19.2. The van der Waals surface area contributed by atoms with Crippen LogP contribution < -0.4 is 10.6 Å². The van der Waals surface area contributed by atoms with E-state index in [0.717, 1.165) is 5.56 Å². The maximum Gasteiger partial charge on any atom is 0.353 e. The van der Waals surface area contributed by atoms with Gasteiger partial charge in [0.1, 0.15) is 6.33 Å². The molecule has 0 aliphatic rings. The summed E-state index contributed by atoms with van der Waals surface area (Å²) < 4.78 is 0. The van der Waals surface area contributed by atoms with Crippen LogP contribution in [0.15, 0.2) is 54.9 Å². The van der Waals surface area contributed by atoms with Crippen LogP contribution in [-0.2, 0) is 0 Å². The molecule has 138 valence electrons. The fraction of sp³-hybridized carbons (Fsp3) is 0.111. The zero-order chi connectivity index (χ0) is 19.4. The van der Waals surface area contributed by atoms with E-state index in [0.29, 0.717) is 15.7 Å². The number of hydrogen-bond donors (Lipinski definition) is 2. The number of nitrogens with one attached hydrogen (secondary N) is 2. The van der Waals surface area contributed by atoms with Crippen LogP contribution in [0.25, 0.3) is 0 Å². The van der Waals surface area contributed by atoms with Gasteiger partial charge in [-0.1, -0.05) is 53.5 Å². The lowest BCUT2D eigenvalue weighted by atomic mass is 10.1. The Kier molecular flexibility index (Phi) is 5.73. The third-order valence-corrected chi connectivity index (χ3v) is 4.22. The molecule has 7 nitrogen and oxygen atoms in total. The van der Waals surface area contributed by atoms with Gasteiger partial charge < -0.3 is 10.6 Å². The van der Waals surface area contributed by atoms with Gasteiger partial charge in [-0.15, -0.1) is 0 Å². The topological polar surface area (TPSA) is 93.0 Å². The highest BCUT2D eigenvalue weighted by molar-refractivity contribution is 6.35. The molecule has 27 heavy (non-hydrogen) atoms. The molecule has 9 heteroatoms. The van der Waals surface area contributed by atoms with Crippen LogP contribution in [0.1, 0.15) is 18.5 Å². The maximum atomic E-state index is 11.7. The second-order valence-electron chi connectivity index (χ2n) is 5.74. The van der Waals surface area contributed by atoms with E-state index < -0.39 is 4.92 Å². The van der Waals surface area contributed by atoms with Crippen LogP contribution in [0, 0.1) is 10.1 Å². The van der Waals surface area contributed by atoms with Gasteiger partial charge in [0.25, 0.3) is 0 Å². The fourth-order valence-corrected chi connectivity index (χ4v) is 3.07. The van der Waals surface area contributed by atoms with E-state index in [9.17, 15) is 10.1 Å². The number of benzene rings is 2. The van der Waals surface area contributed by atoms with Crippen LogP contribution in [0.5, 0.6) is 0 Å². The molecule has 1 aromatic heterocycles. The van der Waals surface area contributed by atoms with Crippen molar-refractivity contribution in [2.45, 2.75) is 13.0 Å². The minimum absolute atomic E-state index is 0.0381. The third kappa shape index (κ3) is 4.64. The van der Waals surface area contributed by atoms with Gasteiger partial charge in [-0.25, -0.2) is 9.97 Å². The van der Waals surface area contributed by atoms with Crippen molar-refractivity contribution >= 4 is 46.2 Å². The number of halogens is 2. The number of aromatic nitrogens is 2. The first-order valence-corrected chi connectivity index (χ1v) is 8.73. The third-order valence-electron chi connectivity index (χ3n) is 3.78. The number of anilines is 3. The molecule has 0 amide bonds. The summed E-state index contributed by atoms with van der Waals surface area (Å²) in [5.41, 5.74) is 1.19. The standard InChI is InChI=1S/C18H15Cl2N5O2/c1-11(12-5-3-2-4-6-12)23-17-16(25(26)27)18(22-10-21-17)24-15-8-13(19)7-14(20)9-15/h2-11H,1H3,(H2,21,22,23,24). The SMILES string of the molecule is CC(Nc1ncnc(Nc2cc(Cl)cc(Cl)c2)c1[N+](=O)[O-])c1ccccc1. The Bertz CT molecular complexity index is 949. The molecule has 0 aliphatic heterocycles. The molecule has 3 aromatic rings. The normalized spacial score (nSPS) is 11.7. The molecule has 0 bridgehead atoms. The Morgan fingerprint density at radius 3 is 2.30 bits per heavy atom. The van der Waals surface area contributed by atoms with Crippen molar-refractivity contribution in [2.24, 2.45) is 0 Å². The van der Waals surface area contributed by atoms with Crippen molar-refractivity contribution in [1.82, 2.24) is 9.97 Å². The van der Waals surface area contributed by atoms with E-state index in [-0.39, 0.29) is 23.4 Å². The number of nitrogens with zero attached hydrogens (tertiary/aromatic N) is 3. The lowest BCUT2D eigenvalue weighted by Crippen LogP contribution is -2.11. The van der Waals surface area contributed by atoms with E-state index in [1.54, 1.807) is 18.2 Å². The molecule has 0 saturated carbocycles. The molecule has 0 radical (unpaired) electrons. The van der Waals surface area contributed by atoms with E-state index in [1.165, 1.54) is 6.33 Å². The molecule has 2 aromatic carbocycles. The summed E-state index contributed by atoms with van der Waals surface area (Å²) in [7, 11) is 0. The molecular weight excluding hydrogens is 389 g/mol. The van der Waals surface area contributed by atoms with Gasteiger partial charge in [-0.05, 0) is 30.7 Å². The van der Waals surface area contributed by atoms with Gasteiger partial charge in [-0.2, -0.15) is 0 Å². The molecule has 0 aliphatic carbocycles. The summed E-state index contributed by atoms with van der Waals surface area (Å²) in [6, 6.07) is 14.1. The van der Waals surface area contributed by atoms with Crippen molar-refractivity contribution in [2.75, 3.05) is 10.6 Å². The molecule has 1 heterocycles. The molecule has 0 saturated heterocycles. The maximum absolute atomic E-state index is 11.7. The van der Waals surface area contributed by atoms with Gasteiger partial charge >= 0.3 is 5.69 Å². The van der Waals surface area contributed by atoms with Crippen molar-refractivity contribution in [1.29, 1.82) is 0 Å². The van der Waals surface area contributed by atoms with E-state index >= 15 is 0 Å². The van der Waals surface area contributed by atoms with Gasteiger partial charge in [0.05, 0.1) is 11.0 Å². The lowest BCUT2D eigenvalue weighted by molar-refractivity contribution is -0.383. The Hall–Kier alpha value is -2.90. The minimum Gasteiger partial charge on any atom is -0.358 e. The lowest BCUT2D eigenvalue weighted by Gasteiger charge is -2.16. The predicted octanol–water partition coefficient (Wildman–Crippen LogP) is 5.61. The zero-order valence-electron chi connectivity index (χ0n) is 14.2. The number of rotatable bonds is 6. The van der Waals surface area contributed by atoms with Crippen molar-refractivity contribution in [3.05, 3.63) is 80.6 Å². The highest BCUT2D eigenvalue weighted by Crippen LogP contribution is 2.34. The summed E-state index contributed by atoms with van der Waals surface area (Å²) >= 11 is 12.0. The second-order valence-corrected chi connectivity index (χ2v) is 6.61. The van der Waals surface area contributed by atoms with Crippen LogP contribution >= 0.6 is 23.2 Å². The monoisotopic (exact) mass is 403 g/mol. The second kappa shape index (κ2) is 8.20. The van der Waals surface area contributed by atoms with E-state index in [2.05, 4.69) is 20.6 Å². The van der Waals surface area contributed by atoms with Crippen molar-refractivity contribution in [3.63, 3.8) is 0 Å². The van der Waals surface area contributed by atoms with Crippen LogP contribution in [0.2, 0.25) is 10.0 Å².